The molecule has 3 atom stereocenters. The molecule has 0 heterocycles. The average Bonchev–Trinajstić information content (AvgIpc) is 2.64. The maximum atomic E-state index is 13.3. The smallest absolute Gasteiger partial charge is 0.334 e. The predicted octanol–water partition coefficient (Wildman–Crippen LogP) is 4.64. The fourth-order valence-corrected chi connectivity index (χ4v) is 3.58. The van der Waals surface area contributed by atoms with Gasteiger partial charge < -0.3 is 14.6 Å². The third kappa shape index (κ3) is 6.98. The van der Waals surface area contributed by atoms with Gasteiger partial charge in [0.2, 0.25) is 0 Å². The van der Waals surface area contributed by atoms with Crippen molar-refractivity contribution in [1.82, 2.24) is 0 Å². The number of aliphatic hydroxyl groups excluding tert-OH is 1. The molecule has 1 N–H and O–H groups in total. The summed E-state index contributed by atoms with van der Waals surface area (Å²) in [6.45, 7) is 14.4. The summed E-state index contributed by atoms with van der Waals surface area (Å²) >= 11 is 0. The van der Waals surface area contributed by atoms with Crippen LogP contribution < -0.4 is 0 Å². The molecule has 1 rings (SSSR count). The number of allylic oxidation sites excluding steroid dienone is 1. The number of benzene rings is 1. The van der Waals surface area contributed by atoms with Gasteiger partial charge in [-0.15, -0.1) is 0 Å². The zero-order chi connectivity index (χ0) is 23.3. The number of rotatable bonds is 9. The largest absolute Gasteiger partial charge is 0.500 e. The van der Waals surface area contributed by atoms with E-state index in [1.54, 1.807) is 41.5 Å². The molecule has 0 aliphatic carbocycles. The van der Waals surface area contributed by atoms with E-state index >= 15 is 0 Å². The van der Waals surface area contributed by atoms with Gasteiger partial charge >= 0.3 is 5.97 Å². The van der Waals surface area contributed by atoms with E-state index in [0.29, 0.717) is 6.42 Å². The van der Waals surface area contributed by atoms with Crippen LogP contribution in [0.5, 0.6) is 0 Å². The van der Waals surface area contributed by atoms with Crippen LogP contribution in [0.1, 0.15) is 59.6 Å². The van der Waals surface area contributed by atoms with E-state index in [2.05, 4.69) is 0 Å². The normalized spacial score (nSPS) is 15.9. The predicted molar refractivity (Wildman–Crippen MR) is 119 cm³/mol. The Kier molecular flexibility index (Phi) is 8.85. The molecule has 0 unspecified atom stereocenters. The highest BCUT2D eigenvalue weighted by molar-refractivity contribution is 5.91. The molecule has 0 fully saturated rings. The lowest BCUT2D eigenvalue weighted by Gasteiger charge is -2.32. The van der Waals surface area contributed by atoms with Crippen molar-refractivity contribution in [2.24, 2.45) is 17.3 Å². The molecule has 0 aliphatic heterocycles. The molecule has 0 spiro atoms. The number of esters is 1. The summed E-state index contributed by atoms with van der Waals surface area (Å²) in [6.07, 6.45) is 1.08. The van der Waals surface area contributed by atoms with Gasteiger partial charge in [0.15, 0.2) is 5.78 Å². The standard InChI is InChI=1S/C25H38O5/c1-16-12-10-11-13-19(16)14-17(2)22(27)18(3)23(28)25(7,8)20(29-9)15-21(26)30-24(4,5)6/h10-13,15,17-18,22,27H,14H2,1-9H3/b20-15-/t17-,18+,22-/m0/s1. The molecule has 168 valence electrons. The first-order valence-electron chi connectivity index (χ1n) is 10.5. The van der Waals surface area contributed by atoms with Gasteiger partial charge in [0, 0.05) is 5.92 Å². The topological polar surface area (TPSA) is 72.8 Å². The van der Waals surface area contributed by atoms with Crippen LogP contribution in [0.3, 0.4) is 0 Å². The van der Waals surface area contributed by atoms with E-state index in [9.17, 15) is 14.7 Å². The number of hydrogen-bond donors (Lipinski definition) is 1. The summed E-state index contributed by atoms with van der Waals surface area (Å²) in [4.78, 5) is 25.5. The van der Waals surface area contributed by atoms with Crippen LogP contribution in [0.15, 0.2) is 36.1 Å². The second kappa shape index (κ2) is 10.3. The summed E-state index contributed by atoms with van der Waals surface area (Å²) in [7, 11) is 1.42. The van der Waals surface area contributed by atoms with Crippen LogP contribution in [0.2, 0.25) is 0 Å². The summed E-state index contributed by atoms with van der Waals surface area (Å²) in [5.74, 6) is -1.28. The van der Waals surface area contributed by atoms with Crippen LogP contribution in [0, 0.1) is 24.2 Å². The molecule has 30 heavy (non-hydrogen) atoms. The van der Waals surface area contributed by atoms with Crippen LogP contribution >= 0.6 is 0 Å². The average molecular weight is 419 g/mol. The van der Waals surface area contributed by atoms with Gasteiger partial charge in [0.1, 0.15) is 11.4 Å². The SMILES string of the molecule is CO/C(=C\C(=O)OC(C)(C)C)C(C)(C)C(=O)[C@H](C)[C@@H](O)[C@@H](C)Cc1ccccc1C. The van der Waals surface area contributed by atoms with E-state index < -0.39 is 29.0 Å². The number of ether oxygens (including phenoxy) is 2. The minimum absolute atomic E-state index is 0.110. The molecule has 0 amide bonds. The van der Waals surface area contributed by atoms with Crippen LogP contribution in [-0.2, 0) is 25.5 Å². The lowest BCUT2D eigenvalue weighted by molar-refractivity contribution is -0.148. The molecule has 0 aromatic heterocycles. The Morgan fingerprint density at radius 3 is 2.17 bits per heavy atom. The molecule has 5 nitrogen and oxygen atoms in total. The van der Waals surface area contributed by atoms with Gasteiger partial charge in [-0.05, 0) is 65.0 Å². The number of hydrogen-bond acceptors (Lipinski definition) is 5. The fraction of sp³-hybridized carbons (Fsp3) is 0.600. The molecule has 0 saturated heterocycles. The molecule has 1 aromatic carbocycles. The minimum Gasteiger partial charge on any atom is -0.500 e. The zero-order valence-electron chi connectivity index (χ0n) is 19.9. The van der Waals surface area contributed by atoms with E-state index in [1.165, 1.54) is 13.2 Å². The molecular formula is C25H38O5. The first-order chi connectivity index (χ1) is 13.7. The van der Waals surface area contributed by atoms with Crippen molar-refractivity contribution < 1.29 is 24.2 Å². The Hall–Kier alpha value is -2.14. The Morgan fingerprint density at radius 2 is 1.67 bits per heavy atom. The number of carbonyl (C=O) groups is 2. The van der Waals surface area contributed by atoms with Crippen molar-refractivity contribution in [3.05, 3.63) is 47.2 Å². The number of carbonyl (C=O) groups excluding carboxylic acids is 2. The number of Topliss-reactive ketones (excluding diaryl/α,β-unsaturated/α-hetero) is 1. The monoisotopic (exact) mass is 418 g/mol. The molecule has 0 saturated carbocycles. The van der Waals surface area contributed by atoms with Crippen molar-refractivity contribution >= 4 is 11.8 Å². The number of aliphatic hydroxyl groups is 1. The molecule has 1 aromatic rings. The van der Waals surface area contributed by atoms with Crippen molar-refractivity contribution in [1.29, 1.82) is 0 Å². The van der Waals surface area contributed by atoms with Crippen LogP contribution in [0.4, 0.5) is 0 Å². The summed E-state index contributed by atoms with van der Waals surface area (Å²) in [5.41, 5.74) is 0.590. The van der Waals surface area contributed by atoms with Crippen molar-refractivity contribution in [2.75, 3.05) is 7.11 Å². The van der Waals surface area contributed by atoms with E-state index in [4.69, 9.17) is 9.47 Å². The molecule has 5 heteroatoms. The number of methoxy groups -OCH3 is 1. The van der Waals surface area contributed by atoms with Crippen LogP contribution in [0.25, 0.3) is 0 Å². The lowest BCUT2D eigenvalue weighted by Crippen LogP contribution is -2.40. The Bertz CT molecular complexity index is 770. The fourth-order valence-electron chi connectivity index (χ4n) is 3.58. The van der Waals surface area contributed by atoms with Gasteiger partial charge in [-0.25, -0.2) is 4.79 Å². The Labute approximate surface area is 181 Å². The van der Waals surface area contributed by atoms with Crippen molar-refractivity contribution in [3.8, 4) is 0 Å². The lowest BCUT2D eigenvalue weighted by atomic mass is 9.75. The minimum atomic E-state index is -1.09. The quantitative estimate of drug-likeness (QED) is 0.359. The second-order valence-corrected chi connectivity index (χ2v) is 9.62. The first kappa shape index (κ1) is 25.9. The van der Waals surface area contributed by atoms with Gasteiger partial charge in [-0.2, -0.15) is 0 Å². The van der Waals surface area contributed by atoms with Gasteiger partial charge in [0.05, 0.1) is 24.7 Å². The third-order valence-corrected chi connectivity index (χ3v) is 5.42. The van der Waals surface area contributed by atoms with Gasteiger partial charge in [-0.3, -0.25) is 4.79 Å². The van der Waals surface area contributed by atoms with E-state index in [-0.39, 0.29) is 17.5 Å². The summed E-state index contributed by atoms with van der Waals surface area (Å²) in [5, 5.41) is 10.9. The van der Waals surface area contributed by atoms with E-state index in [1.807, 2.05) is 38.1 Å². The Morgan fingerprint density at radius 1 is 1.10 bits per heavy atom. The second-order valence-electron chi connectivity index (χ2n) is 9.62. The molecular weight excluding hydrogens is 380 g/mol. The summed E-state index contributed by atoms with van der Waals surface area (Å²) < 4.78 is 10.7. The molecule has 0 aliphatic rings. The molecule has 0 radical (unpaired) electrons. The van der Waals surface area contributed by atoms with Crippen molar-refractivity contribution in [2.45, 2.75) is 73.5 Å². The van der Waals surface area contributed by atoms with Gasteiger partial charge in [-0.1, -0.05) is 38.1 Å². The van der Waals surface area contributed by atoms with Crippen molar-refractivity contribution in [3.63, 3.8) is 0 Å². The zero-order valence-corrected chi connectivity index (χ0v) is 19.9. The highest BCUT2D eigenvalue weighted by Gasteiger charge is 2.40. The number of ketones is 1. The highest BCUT2D eigenvalue weighted by atomic mass is 16.6. The first-order valence-corrected chi connectivity index (χ1v) is 10.5. The Balaban J connectivity index is 2.98. The van der Waals surface area contributed by atoms with Crippen LogP contribution in [-0.4, -0.2) is 35.7 Å². The molecule has 0 bridgehead atoms. The van der Waals surface area contributed by atoms with E-state index in [0.717, 1.165) is 11.1 Å². The highest BCUT2D eigenvalue weighted by Crippen LogP contribution is 2.34. The maximum Gasteiger partial charge on any atom is 0.334 e. The maximum absolute atomic E-state index is 13.3. The third-order valence-electron chi connectivity index (χ3n) is 5.42. The summed E-state index contributed by atoms with van der Waals surface area (Å²) in [6, 6.07) is 8.05. The van der Waals surface area contributed by atoms with Gasteiger partial charge in [0.25, 0.3) is 0 Å². The number of aryl methyl sites for hydroxylation is 1.